The Bertz CT molecular complexity index is 1490. The van der Waals surface area contributed by atoms with Crippen molar-refractivity contribution in [1.82, 2.24) is 19.4 Å². The minimum absolute atomic E-state index is 0.0756. The third-order valence-electron chi connectivity index (χ3n) is 8.44. The summed E-state index contributed by atoms with van der Waals surface area (Å²) in [4.78, 5) is 23.9. The number of methoxy groups -OCH3 is 1. The van der Waals surface area contributed by atoms with Crippen molar-refractivity contribution in [2.45, 2.75) is 71.5 Å². The molecule has 0 aliphatic heterocycles. The average molecular weight is 582 g/mol. The second-order valence-corrected chi connectivity index (χ2v) is 11.6. The summed E-state index contributed by atoms with van der Waals surface area (Å²) in [7, 11) is 1.68. The first-order valence-corrected chi connectivity index (χ1v) is 15.4. The lowest BCUT2D eigenvalue weighted by molar-refractivity contribution is 0.0997. The number of ether oxygens (including phenoxy) is 1. The number of aromatic hydroxyl groups is 1. The Morgan fingerprint density at radius 3 is 2.51 bits per heavy atom. The van der Waals surface area contributed by atoms with E-state index < -0.39 is 5.91 Å². The van der Waals surface area contributed by atoms with Gasteiger partial charge in [0.2, 0.25) is 0 Å². The van der Waals surface area contributed by atoms with Crippen LogP contribution in [0.2, 0.25) is 0 Å². The number of nitrogens with zero attached hydrogens (tertiary/aromatic N) is 4. The highest BCUT2D eigenvalue weighted by Crippen LogP contribution is 2.33. The molecule has 0 saturated heterocycles. The molecule has 3 N–H and O–H groups in total. The number of phenols is 1. The lowest BCUT2D eigenvalue weighted by Gasteiger charge is -2.30. The Morgan fingerprint density at radius 2 is 1.86 bits per heavy atom. The Hall–Kier alpha value is -4.17. The molecule has 8 heteroatoms. The molecule has 2 aromatic carbocycles. The van der Waals surface area contributed by atoms with Crippen molar-refractivity contribution in [1.29, 1.82) is 0 Å². The molecular weight excluding hydrogens is 538 g/mol. The quantitative estimate of drug-likeness (QED) is 0.180. The van der Waals surface area contributed by atoms with Gasteiger partial charge in [0.05, 0.1) is 24.1 Å². The molecule has 8 nitrogen and oxygen atoms in total. The third kappa shape index (κ3) is 7.43. The summed E-state index contributed by atoms with van der Waals surface area (Å²) in [5, 5.41) is 10.5. The van der Waals surface area contributed by atoms with E-state index >= 15 is 0 Å². The number of hydrogen-bond donors (Lipinski definition) is 2. The van der Waals surface area contributed by atoms with Crippen LogP contribution in [0, 0.1) is 5.92 Å². The largest absolute Gasteiger partial charge is 0.507 e. The second-order valence-electron chi connectivity index (χ2n) is 11.6. The van der Waals surface area contributed by atoms with Gasteiger partial charge in [0.15, 0.2) is 0 Å². The van der Waals surface area contributed by atoms with E-state index in [4.69, 9.17) is 15.5 Å². The molecule has 0 spiro atoms. The van der Waals surface area contributed by atoms with Crippen molar-refractivity contribution in [3.8, 4) is 34.1 Å². The zero-order chi connectivity index (χ0) is 30.2. The minimum atomic E-state index is -0.630. The van der Waals surface area contributed by atoms with Crippen LogP contribution in [0.3, 0.4) is 0 Å². The van der Waals surface area contributed by atoms with Gasteiger partial charge < -0.3 is 20.1 Å². The number of imidazole rings is 1. The monoisotopic (exact) mass is 581 g/mol. The van der Waals surface area contributed by atoms with E-state index in [1.165, 1.54) is 32.1 Å². The minimum Gasteiger partial charge on any atom is -0.507 e. The number of primary amides is 1. The molecule has 1 fully saturated rings. The summed E-state index contributed by atoms with van der Waals surface area (Å²) in [6.45, 7) is 5.33. The van der Waals surface area contributed by atoms with Gasteiger partial charge in [-0.1, -0.05) is 38.7 Å². The fraction of sp³-hybridized carbons (Fsp3) is 0.400. The second kappa shape index (κ2) is 14.3. The summed E-state index contributed by atoms with van der Waals surface area (Å²) in [5.41, 5.74) is 10.7. The molecule has 4 aromatic rings. The van der Waals surface area contributed by atoms with E-state index in [9.17, 15) is 9.90 Å². The van der Waals surface area contributed by atoms with E-state index in [1.54, 1.807) is 25.4 Å². The van der Waals surface area contributed by atoms with Crippen molar-refractivity contribution < 1.29 is 14.6 Å². The molecule has 43 heavy (non-hydrogen) atoms. The molecule has 0 radical (unpaired) electrons. The molecular formula is C35H43N5O3. The first-order valence-electron chi connectivity index (χ1n) is 15.4. The number of rotatable bonds is 13. The van der Waals surface area contributed by atoms with Crippen LogP contribution in [-0.2, 0) is 19.6 Å². The van der Waals surface area contributed by atoms with Crippen LogP contribution in [-0.4, -0.2) is 44.1 Å². The summed E-state index contributed by atoms with van der Waals surface area (Å²) >= 11 is 0. The number of hydrogen-bond acceptors (Lipinski definition) is 6. The Balaban J connectivity index is 1.58. The Labute approximate surface area is 254 Å². The Morgan fingerprint density at radius 1 is 1.07 bits per heavy atom. The van der Waals surface area contributed by atoms with Crippen molar-refractivity contribution in [2.24, 2.45) is 11.7 Å². The first-order chi connectivity index (χ1) is 21.0. The van der Waals surface area contributed by atoms with E-state index in [0.29, 0.717) is 19.0 Å². The maximum absolute atomic E-state index is 11.7. The highest BCUT2D eigenvalue weighted by atomic mass is 16.5. The summed E-state index contributed by atoms with van der Waals surface area (Å²) < 4.78 is 7.82. The zero-order valence-electron chi connectivity index (χ0n) is 25.3. The lowest BCUT2D eigenvalue weighted by Crippen LogP contribution is -2.31. The third-order valence-corrected chi connectivity index (χ3v) is 8.44. The summed E-state index contributed by atoms with van der Waals surface area (Å²) in [6.07, 6.45) is 12.1. The maximum Gasteiger partial charge on any atom is 0.252 e. The predicted octanol–water partition coefficient (Wildman–Crippen LogP) is 6.81. The van der Waals surface area contributed by atoms with Crippen molar-refractivity contribution in [3.63, 3.8) is 0 Å². The molecule has 2 heterocycles. The highest BCUT2D eigenvalue weighted by Gasteiger charge is 2.25. The lowest BCUT2D eigenvalue weighted by atomic mass is 9.88. The predicted molar refractivity (Wildman–Crippen MR) is 170 cm³/mol. The SMILES string of the molecule is CCCCn1c(-c2cccnc2)nc(-c2ccc(OC)cc2)c1CN(Cc1ccc(C(N)=O)c(O)c1)CC1CCCCC1. The molecule has 5 rings (SSSR count). The number of nitrogens with two attached hydrogens (primary N) is 1. The van der Waals surface area contributed by atoms with Gasteiger partial charge in [-0.3, -0.25) is 14.7 Å². The average Bonchev–Trinajstić information content (AvgIpc) is 3.38. The number of benzene rings is 2. The number of pyridine rings is 1. The van der Waals surface area contributed by atoms with Crippen LogP contribution < -0.4 is 10.5 Å². The molecule has 0 atom stereocenters. The van der Waals surface area contributed by atoms with Crippen LogP contribution in [0.4, 0.5) is 0 Å². The van der Waals surface area contributed by atoms with Gasteiger partial charge in [0.1, 0.15) is 17.3 Å². The number of carbonyl (C=O) groups is 1. The smallest absolute Gasteiger partial charge is 0.252 e. The van der Waals surface area contributed by atoms with Crippen molar-refractivity contribution in [2.75, 3.05) is 13.7 Å². The van der Waals surface area contributed by atoms with Crippen LogP contribution in [0.5, 0.6) is 11.5 Å². The number of amides is 1. The van der Waals surface area contributed by atoms with Crippen LogP contribution in [0.15, 0.2) is 67.0 Å². The maximum atomic E-state index is 11.7. The van der Waals surface area contributed by atoms with Gasteiger partial charge >= 0.3 is 0 Å². The molecule has 226 valence electrons. The number of carbonyl (C=O) groups excluding carboxylic acids is 1. The van der Waals surface area contributed by atoms with Gasteiger partial charge in [-0.15, -0.1) is 0 Å². The van der Waals surface area contributed by atoms with Gasteiger partial charge in [0, 0.05) is 49.7 Å². The summed E-state index contributed by atoms with van der Waals surface area (Å²) in [6, 6.07) is 17.3. The first kappa shape index (κ1) is 30.3. The number of unbranched alkanes of at least 4 members (excludes halogenated alkanes) is 1. The van der Waals surface area contributed by atoms with Gasteiger partial charge in [-0.25, -0.2) is 4.98 Å². The Kier molecular flexibility index (Phi) is 10.1. The van der Waals surface area contributed by atoms with E-state index in [-0.39, 0.29) is 11.3 Å². The highest BCUT2D eigenvalue weighted by molar-refractivity contribution is 5.95. The fourth-order valence-corrected chi connectivity index (χ4v) is 6.17. The van der Waals surface area contributed by atoms with Gasteiger partial charge in [-0.05, 0) is 79.3 Å². The zero-order valence-corrected chi connectivity index (χ0v) is 25.3. The van der Waals surface area contributed by atoms with Gasteiger partial charge in [0.25, 0.3) is 5.91 Å². The standard InChI is InChI=1S/C35H43N5O3/c1-3-4-19-40-31(33(27-13-15-29(43-2)16-14-27)38-35(40)28-11-8-18-37-21-28)24-39(22-25-9-6-5-7-10-25)23-26-12-17-30(34(36)42)32(41)20-26/h8,11-18,20-21,25,41H,3-7,9-10,19,22-24H2,1-2H3,(H2,36,42). The van der Waals surface area contributed by atoms with E-state index in [0.717, 1.165) is 65.6 Å². The molecule has 1 aliphatic carbocycles. The molecule has 0 bridgehead atoms. The summed E-state index contributed by atoms with van der Waals surface area (Å²) in [5.74, 6) is 1.63. The molecule has 1 aliphatic rings. The van der Waals surface area contributed by atoms with E-state index in [1.807, 2.05) is 30.5 Å². The topological polar surface area (TPSA) is 107 Å². The van der Waals surface area contributed by atoms with Gasteiger partial charge in [-0.2, -0.15) is 0 Å². The van der Waals surface area contributed by atoms with Crippen LogP contribution in [0.1, 0.15) is 73.5 Å². The van der Waals surface area contributed by atoms with Crippen LogP contribution in [0.25, 0.3) is 22.6 Å². The normalized spacial score (nSPS) is 13.8. The molecule has 1 amide bonds. The van der Waals surface area contributed by atoms with Crippen LogP contribution >= 0.6 is 0 Å². The van der Waals surface area contributed by atoms with E-state index in [2.05, 4.69) is 39.6 Å². The molecule has 2 aromatic heterocycles. The fourth-order valence-electron chi connectivity index (χ4n) is 6.17. The molecule has 0 unspecified atom stereocenters. The van der Waals surface area contributed by atoms with Crippen molar-refractivity contribution >= 4 is 5.91 Å². The van der Waals surface area contributed by atoms with Crippen molar-refractivity contribution in [3.05, 3.63) is 83.8 Å². The number of aromatic nitrogens is 3. The molecule has 1 saturated carbocycles.